The van der Waals surface area contributed by atoms with Crippen molar-refractivity contribution in [1.82, 2.24) is 0 Å². The average Bonchev–Trinajstić information content (AvgIpc) is 3.15. The number of ether oxygens (including phenoxy) is 2. The highest BCUT2D eigenvalue weighted by Gasteiger charge is 2.21. The topological polar surface area (TPSA) is 111 Å². The van der Waals surface area contributed by atoms with Crippen LogP contribution in [0.1, 0.15) is 194 Å². The maximum absolute atomic E-state index is 12.6. The lowest BCUT2D eigenvalue weighted by Gasteiger charge is -2.28. The molecule has 328 valence electrons. The van der Waals surface area contributed by atoms with Gasteiger partial charge in [-0.3, -0.25) is 9.36 Å². The van der Waals surface area contributed by atoms with Crippen LogP contribution in [0.4, 0.5) is 0 Å². The van der Waals surface area contributed by atoms with E-state index in [1.807, 2.05) is 33.3 Å². The molecular weight excluding hydrogens is 725 g/mol. The predicted octanol–water partition coefficient (Wildman–Crippen LogP) is 12.3. The van der Waals surface area contributed by atoms with Crippen LogP contribution in [0, 0.1) is 0 Å². The molecule has 0 aliphatic heterocycles. The predicted molar refractivity (Wildman–Crippen MR) is 231 cm³/mol. The molecule has 10 heteroatoms. The van der Waals surface area contributed by atoms with Gasteiger partial charge < -0.3 is 27.9 Å². The summed E-state index contributed by atoms with van der Waals surface area (Å²) in [4.78, 5) is 37.4. The number of hydrogen-bond donors (Lipinski definition) is 0. The molecule has 0 aromatic rings. The molecule has 0 aliphatic carbocycles. The van der Waals surface area contributed by atoms with Crippen molar-refractivity contribution in [2.45, 2.75) is 200 Å². The number of allylic oxidation sites excluding steroid dienone is 5. The molecule has 0 radical (unpaired) electrons. The van der Waals surface area contributed by atoms with Crippen LogP contribution in [0.15, 0.2) is 36.5 Å². The van der Waals surface area contributed by atoms with Gasteiger partial charge >= 0.3 is 11.9 Å². The highest BCUT2D eigenvalue weighted by molar-refractivity contribution is 7.45. The van der Waals surface area contributed by atoms with E-state index in [9.17, 15) is 19.0 Å². The monoisotopic (exact) mass is 812 g/mol. The first-order valence-corrected chi connectivity index (χ1v) is 24.2. The molecule has 0 N–H and O–H groups in total. The Bertz CT molecular complexity index is 1050. The minimum atomic E-state index is -4.65. The standard InChI is InChI=1S/C46H86NO8P/c1-6-8-10-12-14-16-18-20-22-23-25-26-28-30-32-34-36-38-45(48)52-42-44(43-54-56(50,51)53-41-40-47(3,4)5)55-46(49)39-37-35-33-31-29-27-24-21-19-17-15-13-11-9-7-2/h16,18,33,35,37,39,44H,6-15,17,19-32,34,36,38,40-43H2,1-5H3/b18-16+,35-33+,39-37+/t44-/m1/s1. The zero-order valence-corrected chi connectivity index (χ0v) is 37.7. The van der Waals surface area contributed by atoms with Gasteiger partial charge in [0.25, 0.3) is 7.82 Å². The average molecular weight is 812 g/mol. The Kier molecular flexibility index (Phi) is 37.5. The number of rotatable bonds is 41. The molecule has 0 amide bonds. The molecule has 56 heavy (non-hydrogen) atoms. The third kappa shape index (κ3) is 41.9. The van der Waals surface area contributed by atoms with Crippen LogP contribution in [-0.2, 0) is 32.7 Å². The Hall–Kier alpha value is -1.77. The lowest BCUT2D eigenvalue weighted by atomic mass is 10.1. The number of carbonyl (C=O) groups excluding carboxylic acids is 2. The van der Waals surface area contributed by atoms with Crippen molar-refractivity contribution in [3.05, 3.63) is 36.5 Å². The summed E-state index contributed by atoms with van der Waals surface area (Å²) in [6.45, 7) is 4.10. The number of unbranched alkanes of at least 4 members (excludes halogenated alkanes) is 24. The van der Waals surface area contributed by atoms with E-state index in [-0.39, 0.29) is 19.6 Å². The lowest BCUT2D eigenvalue weighted by Crippen LogP contribution is -2.37. The van der Waals surface area contributed by atoms with E-state index in [0.717, 1.165) is 32.1 Å². The van der Waals surface area contributed by atoms with Gasteiger partial charge in [0.2, 0.25) is 0 Å². The van der Waals surface area contributed by atoms with Crippen LogP contribution in [0.2, 0.25) is 0 Å². The number of hydrogen-bond acceptors (Lipinski definition) is 8. The number of likely N-dealkylation sites (N-methyl/N-ethyl adjacent to an activating group) is 1. The fourth-order valence-electron chi connectivity index (χ4n) is 6.14. The van der Waals surface area contributed by atoms with Crippen LogP contribution in [0.5, 0.6) is 0 Å². The summed E-state index contributed by atoms with van der Waals surface area (Å²) in [5, 5.41) is 0. The van der Waals surface area contributed by atoms with Gasteiger partial charge in [-0.05, 0) is 44.9 Å². The van der Waals surface area contributed by atoms with E-state index < -0.39 is 32.5 Å². The quantitative estimate of drug-likeness (QED) is 0.0114. The second kappa shape index (κ2) is 38.7. The fourth-order valence-corrected chi connectivity index (χ4v) is 6.87. The van der Waals surface area contributed by atoms with Crippen LogP contribution in [0.3, 0.4) is 0 Å². The fraction of sp³-hybridized carbons (Fsp3) is 0.826. The van der Waals surface area contributed by atoms with Crippen molar-refractivity contribution in [2.75, 3.05) is 47.5 Å². The Morgan fingerprint density at radius 3 is 1.54 bits per heavy atom. The number of quaternary nitrogens is 1. The summed E-state index contributed by atoms with van der Waals surface area (Å²) >= 11 is 0. The van der Waals surface area contributed by atoms with Gasteiger partial charge in [-0.25, -0.2) is 4.79 Å². The zero-order chi connectivity index (χ0) is 41.4. The normalized spacial score (nSPS) is 13.9. The van der Waals surface area contributed by atoms with Crippen molar-refractivity contribution in [2.24, 2.45) is 0 Å². The molecule has 0 saturated carbocycles. The smallest absolute Gasteiger partial charge is 0.331 e. The van der Waals surface area contributed by atoms with Crippen LogP contribution >= 0.6 is 7.82 Å². The van der Waals surface area contributed by atoms with Gasteiger partial charge in [0.15, 0.2) is 6.10 Å². The van der Waals surface area contributed by atoms with Crippen molar-refractivity contribution in [1.29, 1.82) is 0 Å². The lowest BCUT2D eigenvalue weighted by molar-refractivity contribution is -0.870. The third-order valence-corrected chi connectivity index (χ3v) is 10.7. The Morgan fingerprint density at radius 1 is 0.589 bits per heavy atom. The van der Waals surface area contributed by atoms with E-state index in [0.29, 0.717) is 17.4 Å². The molecule has 1 unspecified atom stereocenters. The highest BCUT2D eigenvalue weighted by Crippen LogP contribution is 2.38. The van der Waals surface area contributed by atoms with E-state index in [2.05, 4.69) is 26.0 Å². The van der Waals surface area contributed by atoms with Gasteiger partial charge in [-0.15, -0.1) is 0 Å². The first kappa shape index (κ1) is 54.2. The summed E-state index contributed by atoms with van der Waals surface area (Å²) in [5.41, 5.74) is 0. The number of carbonyl (C=O) groups is 2. The minimum absolute atomic E-state index is 0.0465. The number of esters is 2. The molecule has 0 rings (SSSR count). The van der Waals surface area contributed by atoms with Gasteiger partial charge in [0.1, 0.15) is 19.8 Å². The molecule has 0 aliphatic rings. The SMILES string of the molecule is CCCCCC/C=C/CCCCCCCCCCCC(=O)OC[C@H](COP(=O)([O-])OCC[N+](C)(C)C)OC(=O)/C=C/C=C/CCCCCCCCCCCCC. The van der Waals surface area contributed by atoms with Gasteiger partial charge in [0.05, 0.1) is 27.7 Å². The maximum Gasteiger partial charge on any atom is 0.331 e. The molecule has 2 atom stereocenters. The summed E-state index contributed by atoms with van der Waals surface area (Å²) in [6.07, 6.45) is 43.7. The number of nitrogens with zero attached hydrogens (tertiary/aromatic N) is 1. The Morgan fingerprint density at radius 2 is 1.04 bits per heavy atom. The zero-order valence-electron chi connectivity index (χ0n) is 36.8. The van der Waals surface area contributed by atoms with Gasteiger partial charge in [-0.2, -0.15) is 0 Å². The van der Waals surface area contributed by atoms with Gasteiger partial charge in [-0.1, -0.05) is 173 Å². The maximum atomic E-state index is 12.6. The molecule has 0 saturated heterocycles. The molecule has 0 spiro atoms. The molecule has 0 heterocycles. The van der Waals surface area contributed by atoms with Gasteiger partial charge in [0, 0.05) is 12.5 Å². The molecular formula is C46H86NO8P. The van der Waals surface area contributed by atoms with Crippen molar-refractivity contribution >= 4 is 19.8 Å². The largest absolute Gasteiger partial charge is 0.756 e. The molecule has 0 aromatic heterocycles. The second-order valence-corrected chi connectivity index (χ2v) is 17.9. The first-order chi connectivity index (χ1) is 27.0. The molecule has 0 fully saturated rings. The van der Waals surface area contributed by atoms with Crippen molar-refractivity contribution < 1.29 is 42.1 Å². The highest BCUT2D eigenvalue weighted by atomic mass is 31.2. The van der Waals surface area contributed by atoms with Crippen molar-refractivity contribution in [3.63, 3.8) is 0 Å². The minimum Gasteiger partial charge on any atom is -0.756 e. The Labute approximate surface area is 344 Å². The molecule has 0 bridgehead atoms. The van der Waals surface area contributed by atoms with E-state index >= 15 is 0 Å². The first-order valence-electron chi connectivity index (χ1n) is 22.7. The van der Waals surface area contributed by atoms with E-state index in [4.69, 9.17) is 18.5 Å². The van der Waals surface area contributed by atoms with Crippen molar-refractivity contribution in [3.8, 4) is 0 Å². The number of phosphoric ester groups is 1. The van der Waals surface area contributed by atoms with Crippen LogP contribution in [-0.4, -0.2) is 70.0 Å². The summed E-state index contributed by atoms with van der Waals surface area (Å²) in [6, 6.07) is 0. The number of phosphoric acid groups is 1. The van der Waals surface area contributed by atoms with Crippen LogP contribution < -0.4 is 4.89 Å². The molecule has 9 nitrogen and oxygen atoms in total. The summed E-state index contributed by atoms with van der Waals surface area (Å²) in [7, 11) is 1.11. The molecule has 0 aromatic carbocycles. The summed E-state index contributed by atoms with van der Waals surface area (Å²) < 4.78 is 33.7. The van der Waals surface area contributed by atoms with E-state index in [1.165, 1.54) is 141 Å². The third-order valence-electron chi connectivity index (χ3n) is 9.74. The summed E-state index contributed by atoms with van der Waals surface area (Å²) in [5.74, 6) is -1.09. The van der Waals surface area contributed by atoms with E-state index in [1.54, 1.807) is 6.08 Å². The second-order valence-electron chi connectivity index (χ2n) is 16.5. The Balaban J connectivity index is 4.42. The van der Waals surface area contributed by atoms with Crippen LogP contribution in [0.25, 0.3) is 0 Å².